The van der Waals surface area contributed by atoms with E-state index in [2.05, 4.69) is 10.2 Å². The number of rotatable bonds is 2. The molecule has 0 aliphatic rings. The second-order valence-corrected chi connectivity index (χ2v) is 6.05. The van der Waals surface area contributed by atoms with Crippen LogP contribution in [0.5, 0.6) is 0 Å². The predicted octanol–water partition coefficient (Wildman–Crippen LogP) is 1.61. The minimum atomic E-state index is -3.85. The first kappa shape index (κ1) is 11.9. The van der Waals surface area contributed by atoms with E-state index >= 15 is 0 Å². The number of H-pyrrole nitrogens is 2. The maximum Gasteiger partial charge on any atom is 0.267 e. The Kier molecular flexibility index (Phi) is 2.84. The van der Waals surface area contributed by atoms with Crippen LogP contribution in [0.2, 0.25) is 0 Å². The summed E-state index contributed by atoms with van der Waals surface area (Å²) in [6, 6.07) is 6.22. The van der Waals surface area contributed by atoms with E-state index in [9.17, 15) is 13.2 Å². The quantitative estimate of drug-likeness (QED) is 0.815. The molecule has 0 aliphatic carbocycles. The lowest BCUT2D eigenvalue weighted by Crippen LogP contribution is -2.01. The third-order valence-corrected chi connectivity index (χ3v) is 3.82. The molecule has 2 aromatic rings. The lowest BCUT2D eigenvalue weighted by Gasteiger charge is -2.04. The van der Waals surface area contributed by atoms with Crippen molar-refractivity contribution in [2.45, 2.75) is 11.8 Å². The van der Waals surface area contributed by atoms with Gasteiger partial charge in [0.15, 0.2) is 0 Å². The Bertz CT molecular complexity index is 715. The smallest absolute Gasteiger partial charge is 0.267 e. The van der Waals surface area contributed by atoms with Gasteiger partial charge in [-0.2, -0.15) is 0 Å². The Morgan fingerprint density at radius 1 is 1.18 bits per heavy atom. The van der Waals surface area contributed by atoms with E-state index in [1.165, 1.54) is 6.07 Å². The first-order valence-electron chi connectivity index (χ1n) is 4.72. The van der Waals surface area contributed by atoms with Crippen molar-refractivity contribution >= 4 is 19.7 Å². The van der Waals surface area contributed by atoms with E-state index in [0.29, 0.717) is 16.8 Å². The molecular formula is C10H9ClN2O3S. The second kappa shape index (κ2) is 4.05. The highest BCUT2D eigenvalue weighted by Gasteiger charge is 2.18. The van der Waals surface area contributed by atoms with Crippen LogP contribution in [0.25, 0.3) is 11.3 Å². The largest absolute Gasteiger partial charge is 0.297 e. The van der Waals surface area contributed by atoms with Crippen molar-refractivity contribution in [3.63, 3.8) is 0 Å². The predicted molar refractivity (Wildman–Crippen MR) is 64.6 cm³/mol. The lowest BCUT2D eigenvalue weighted by molar-refractivity contribution is 0.610. The molecule has 1 aromatic heterocycles. The van der Waals surface area contributed by atoms with Gasteiger partial charge in [0.25, 0.3) is 14.6 Å². The summed E-state index contributed by atoms with van der Waals surface area (Å²) in [6.45, 7) is 1.60. The minimum Gasteiger partial charge on any atom is -0.297 e. The molecule has 0 aliphatic heterocycles. The summed E-state index contributed by atoms with van der Waals surface area (Å²) in [5.74, 6) is 0. The van der Waals surface area contributed by atoms with E-state index in [0.717, 1.165) is 0 Å². The zero-order valence-electron chi connectivity index (χ0n) is 8.82. The average molecular weight is 273 g/mol. The van der Waals surface area contributed by atoms with Gasteiger partial charge in [0.05, 0.1) is 10.6 Å². The van der Waals surface area contributed by atoms with Gasteiger partial charge in [0.1, 0.15) is 0 Å². The van der Waals surface area contributed by atoms with Crippen LogP contribution in [0.15, 0.2) is 34.0 Å². The molecule has 1 heterocycles. The van der Waals surface area contributed by atoms with E-state index in [4.69, 9.17) is 10.7 Å². The zero-order valence-corrected chi connectivity index (χ0v) is 10.4. The standard InChI is InChI=1S/C10H9ClN2O3S/c1-6-9(12-13-10(6)14)7-4-2-3-5-8(7)17(11,15)16/h2-5H,1H3,(H2,12,13,14). The topological polar surface area (TPSA) is 82.8 Å². The number of aromatic nitrogens is 2. The van der Waals surface area contributed by atoms with Gasteiger partial charge < -0.3 is 0 Å². The number of benzene rings is 1. The van der Waals surface area contributed by atoms with Gasteiger partial charge in [-0.05, 0) is 13.0 Å². The van der Waals surface area contributed by atoms with Crippen molar-refractivity contribution in [1.29, 1.82) is 0 Å². The van der Waals surface area contributed by atoms with Crippen LogP contribution in [-0.2, 0) is 9.05 Å². The fraction of sp³-hybridized carbons (Fsp3) is 0.100. The molecule has 0 radical (unpaired) electrons. The molecule has 0 saturated carbocycles. The number of aromatic amines is 2. The SMILES string of the molecule is Cc1c(-c2ccccc2S(=O)(=O)Cl)[nH][nH]c1=O. The molecule has 0 fully saturated rings. The Labute approximate surface area is 102 Å². The van der Waals surface area contributed by atoms with Gasteiger partial charge in [0, 0.05) is 21.8 Å². The normalized spacial score (nSPS) is 11.6. The molecule has 90 valence electrons. The van der Waals surface area contributed by atoms with Crippen LogP contribution >= 0.6 is 10.7 Å². The van der Waals surface area contributed by atoms with Gasteiger partial charge in [0.2, 0.25) is 0 Å². The average Bonchev–Trinajstić information content (AvgIpc) is 2.59. The maximum absolute atomic E-state index is 11.4. The van der Waals surface area contributed by atoms with Gasteiger partial charge >= 0.3 is 0 Å². The summed E-state index contributed by atoms with van der Waals surface area (Å²) in [5, 5.41) is 5.04. The fourth-order valence-electron chi connectivity index (χ4n) is 1.58. The summed E-state index contributed by atoms with van der Waals surface area (Å²) in [4.78, 5) is 11.3. The number of nitrogens with one attached hydrogen (secondary N) is 2. The first-order chi connectivity index (χ1) is 7.91. The molecule has 7 heteroatoms. The van der Waals surface area contributed by atoms with Gasteiger partial charge in [-0.15, -0.1) is 0 Å². The van der Waals surface area contributed by atoms with Crippen molar-refractivity contribution in [3.05, 3.63) is 40.2 Å². The summed E-state index contributed by atoms with van der Waals surface area (Å²) in [5.41, 5.74) is 0.924. The van der Waals surface area contributed by atoms with Crippen LogP contribution in [0.1, 0.15) is 5.56 Å². The van der Waals surface area contributed by atoms with Crippen LogP contribution in [0.4, 0.5) is 0 Å². The minimum absolute atomic E-state index is 0.0278. The van der Waals surface area contributed by atoms with Crippen molar-refractivity contribution in [1.82, 2.24) is 10.2 Å². The van der Waals surface area contributed by atoms with Crippen molar-refractivity contribution in [2.75, 3.05) is 0 Å². The molecule has 2 N–H and O–H groups in total. The Hall–Kier alpha value is -1.53. The van der Waals surface area contributed by atoms with Crippen molar-refractivity contribution in [2.24, 2.45) is 0 Å². The van der Waals surface area contributed by atoms with Crippen molar-refractivity contribution < 1.29 is 8.42 Å². The van der Waals surface area contributed by atoms with E-state index in [-0.39, 0.29) is 10.5 Å². The zero-order chi connectivity index (χ0) is 12.6. The van der Waals surface area contributed by atoms with Gasteiger partial charge in [-0.25, -0.2) is 8.42 Å². The Balaban J connectivity index is 2.77. The van der Waals surface area contributed by atoms with Crippen LogP contribution in [0.3, 0.4) is 0 Å². The second-order valence-electron chi connectivity index (χ2n) is 3.51. The highest BCUT2D eigenvalue weighted by Crippen LogP contribution is 2.28. The molecule has 0 bridgehead atoms. The summed E-state index contributed by atoms with van der Waals surface area (Å²) in [6.07, 6.45) is 0. The fourth-order valence-corrected chi connectivity index (χ4v) is 2.65. The van der Waals surface area contributed by atoms with Gasteiger partial charge in [-0.3, -0.25) is 15.0 Å². The monoisotopic (exact) mass is 272 g/mol. The number of hydrogen-bond acceptors (Lipinski definition) is 3. The summed E-state index contributed by atoms with van der Waals surface area (Å²) in [7, 11) is 1.49. The Morgan fingerprint density at radius 3 is 2.35 bits per heavy atom. The molecule has 0 saturated heterocycles. The van der Waals surface area contributed by atoms with Gasteiger partial charge in [-0.1, -0.05) is 18.2 Å². The first-order valence-corrected chi connectivity index (χ1v) is 7.03. The van der Waals surface area contributed by atoms with Crippen LogP contribution in [0, 0.1) is 6.92 Å². The van der Waals surface area contributed by atoms with Crippen LogP contribution < -0.4 is 5.56 Å². The summed E-state index contributed by atoms with van der Waals surface area (Å²) < 4.78 is 22.8. The molecule has 0 atom stereocenters. The molecule has 0 amide bonds. The molecule has 17 heavy (non-hydrogen) atoms. The third-order valence-electron chi connectivity index (χ3n) is 2.44. The molecule has 0 unspecified atom stereocenters. The third kappa shape index (κ3) is 2.13. The molecular weight excluding hydrogens is 264 g/mol. The number of hydrogen-bond donors (Lipinski definition) is 2. The molecule has 2 rings (SSSR count). The Morgan fingerprint density at radius 2 is 1.82 bits per heavy atom. The molecule has 0 spiro atoms. The van der Waals surface area contributed by atoms with E-state index in [1.807, 2.05) is 0 Å². The van der Waals surface area contributed by atoms with E-state index < -0.39 is 9.05 Å². The lowest BCUT2D eigenvalue weighted by atomic mass is 10.1. The molecule has 5 nitrogen and oxygen atoms in total. The van der Waals surface area contributed by atoms with E-state index in [1.54, 1.807) is 25.1 Å². The summed E-state index contributed by atoms with van der Waals surface area (Å²) >= 11 is 0. The van der Waals surface area contributed by atoms with Crippen molar-refractivity contribution in [3.8, 4) is 11.3 Å². The number of halogens is 1. The van der Waals surface area contributed by atoms with Crippen LogP contribution in [-0.4, -0.2) is 18.6 Å². The highest BCUT2D eigenvalue weighted by molar-refractivity contribution is 8.13. The molecule has 1 aromatic carbocycles. The highest BCUT2D eigenvalue weighted by atomic mass is 35.7. The maximum atomic E-state index is 11.4.